The van der Waals surface area contributed by atoms with Gasteiger partial charge in [0.15, 0.2) is 0 Å². The van der Waals surface area contributed by atoms with E-state index in [-0.39, 0.29) is 11.9 Å². The first kappa shape index (κ1) is 13.8. The van der Waals surface area contributed by atoms with Crippen LogP contribution in [0.2, 0.25) is 0 Å². The van der Waals surface area contributed by atoms with Gasteiger partial charge in [0.1, 0.15) is 12.4 Å². The van der Waals surface area contributed by atoms with Crippen LogP contribution in [0.4, 0.5) is 0 Å². The minimum absolute atomic E-state index is 0.125. The zero-order chi connectivity index (χ0) is 13.7. The molecular weight excluding hydrogens is 240 g/mol. The van der Waals surface area contributed by atoms with Crippen molar-refractivity contribution in [2.75, 3.05) is 0 Å². The average molecular weight is 260 g/mol. The Labute approximate surface area is 114 Å². The van der Waals surface area contributed by atoms with Crippen LogP contribution in [-0.4, -0.2) is 11.8 Å². The first-order valence-electron chi connectivity index (χ1n) is 6.87. The Kier molecular flexibility index (Phi) is 4.72. The summed E-state index contributed by atoms with van der Waals surface area (Å²) in [6.07, 6.45) is 3.00. The Balaban J connectivity index is 1.75. The van der Waals surface area contributed by atoms with Crippen molar-refractivity contribution in [2.45, 2.75) is 39.2 Å². The molecule has 0 saturated heterocycles. The monoisotopic (exact) mass is 260 g/mol. The second-order valence-electron chi connectivity index (χ2n) is 5.38. The van der Waals surface area contributed by atoms with Crippen molar-refractivity contribution in [2.24, 2.45) is 11.8 Å². The summed E-state index contributed by atoms with van der Waals surface area (Å²) in [6, 6.07) is 9.67. The van der Waals surface area contributed by atoms with E-state index in [2.05, 4.69) is 0 Å². The summed E-state index contributed by atoms with van der Waals surface area (Å²) in [5.41, 5.74) is 0.999. The number of carbonyl (C=O) groups excluding carboxylic acids is 2. The molecule has 2 atom stereocenters. The standard InChI is InChI=1S/C16H20O3/c1-12(9-14-7-8-15(17)10-14)16(18)19-11-13-5-3-2-4-6-13/h2-6,12,14H,7-11H2,1H3. The zero-order valence-electron chi connectivity index (χ0n) is 11.3. The molecule has 3 heteroatoms. The predicted molar refractivity (Wildman–Crippen MR) is 72.4 cm³/mol. The number of ether oxygens (including phenoxy) is 1. The van der Waals surface area contributed by atoms with Gasteiger partial charge in [-0.15, -0.1) is 0 Å². The van der Waals surface area contributed by atoms with Crippen LogP contribution in [0, 0.1) is 11.8 Å². The molecule has 0 spiro atoms. The fourth-order valence-corrected chi connectivity index (χ4v) is 2.56. The number of rotatable bonds is 5. The van der Waals surface area contributed by atoms with Gasteiger partial charge < -0.3 is 4.74 Å². The minimum Gasteiger partial charge on any atom is -0.461 e. The molecule has 102 valence electrons. The Morgan fingerprint density at radius 1 is 1.37 bits per heavy atom. The van der Waals surface area contributed by atoms with Gasteiger partial charge >= 0.3 is 5.97 Å². The number of hydrogen-bond acceptors (Lipinski definition) is 3. The van der Waals surface area contributed by atoms with E-state index in [9.17, 15) is 9.59 Å². The second kappa shape index (κ2) is 6.50. The van der Waals surface area contributed by atoms with Gasteiger partial charge in [0.05, 0.1) is 5.92 Å². The molecule has 19 heavy (non-hydrogen) atoms. The van der Waals surface area contributed by atoms with Crippen LogP contribution in [0.1, 0.15) is 38.2 Å². The Hall–Kier alpha value is -1.64. The van der Waals surface area contributed by atoms with Gasteiger partial charge in [-0.05, 0) is 24.3 Å². The lowest BCUT2D eigenvalue weighted by molar-refractivity contribution is -0.150. The molecule has 3 nitrogen and oxygen atoms in total. The summed E-state index contributed by atoms with van der Waals surface area (Å²) in [7, 11) is 0. The first-order valence-corrected chi connectivity index (χ1v) is 6.87. The van der Waals surface area contributed by atoms with E-state index in [1.54, 1.807) is 0 Å². The van der Waals surface area contributed by atoms with Crippen molar-refractivity contribution in [3.8, 4) is 0 Å². The molecule has 0 bridgehead atoms. The molecule has 1 saturated carbocycles. The van der Waals surface area contributed by atoms with Gasteiger partial charge in [-0.1, -0.05) is 37.3 Å². The first-order chi connectivity index (χ1) is 9.15. The van der Waals surface area contributed by atoms with Gasteiger partial charge in [-0.2, -0.15) is 0 Å². The van der Waals surface area contributed by atoms with Crippen LogP contribution in [-0.2, 0) is 20.9 Å². The van der Waals surface area contributed by atoms with Crippen molar-refractivity contribution >= 4 is 11.8 Å². The van der Waals surface area contributed by atoms with E-state index in [0.29, 0.717) is 31.1 Å². The molecule has 0 radical (unpaired) electrons. The van der Waals surface area contributed by atoms with Crippen LogP contribution < -0.4 is 0 Å². The van der Waals surface area contributed by atoms with Crippen LogP contribution in [0.25, 0.3) is 0 Å². The number of carbonyl (C=O) groups is 2. The van der Waals surface area contributed by atoms with Crippen LogP contribution >= 0.6 is 0 Å². The highest BCUT2D eigenvalue weighted by molar-refractivity contribution is 5.80. The van der Waals surface area contributed by atoms with Crippen molar-refractivity contribution < 1.29 is 14.3 Å². The predicted octanol–water partition coefficient (Wildman–Crippen LogP) is 3.13. The maximum atomic E-state index is 11.9. The normalized spacial score (nSPS) is 20.3. The highest BCUT2D eigenvalue weighted by Gasteiger charge is 2.26. The number of benzene rings is 1. The van der Waals surface area contributed by atoms with E-state index in [4.69, 9.17) is 4.74 Å². The van der Waals surface area contributed by atoms with Crippen molar-refractivity contribution in [1.29, 1.82) is 0 Å². The van der Waals surface area contributed by atoms with Crippen LogP contribution in [0.3, 0.4) is 0 Å². The van der Waals surface area contributed by atoms with Crippen molar-refractivity contribution in [3.05, 3.63) is 35.9 Å². The van der Waals surface area contributed by atoms with Gasteiger partial charge in [-0.3, -0.25) is 9.59 Å². The third-order valence-electron chi connectivity index (χ3n) is 3.66. The second-order valence-corrected chi connectivity index (χ2v) is 5.38. The highest BCUT2D eigenvalue weighted by atomic mass is 16.5. The maximum absolute atomic E-state index is 11.9. The fraction of sp³-hybridized carbons (Fsp3) is 0.500. The van der Waals surface area contributed by atoms with E-state index < -0.39 is 0 Å². The molecule has 1 aromatic rings. The summed E-state index contributed by atoms with van der Waals surface area (Å²) in [6.45, 7) is 2.21. The smallest absolute Gasteiger partial charge is 0.308 e. The minimum atomic E-state index is -0.164. The summed E-state index contributed by atoms with van der Waals surface area (Å²) in [5.74, 6) is 0.407. The molecule has 0 heterocycles. The lowest BCUT2D eigenvalue weighted by Gasteiger charge is -2.15. The van der Waals surface area contributed by atoms with E-state index in [0.717, 1.165) is 18.4 Å². The molecule has 0 amide bonds. The Morgan fingerprint density at radius 2 is 2.11 bits per heavy atom. The third kappa shape index (κ3) is 4.19. The van der Waals surface area contributed by atoms with E-state index >= 15 is 0 Å². The molecule has 1 fully saturated rings. The van der Waals surface area contributed by atoms with Crippen LogP contribution in [0.15, 0.2) is 30.3 Å². The fourth-order valence-electron chi connectivity index (χ4n) is 2.56. The largest absolute Gasteiger partial charge is 0.461 e. The lowest BCUT2D eigenvalue weighted by atomic mass is 9.95. The summed E-state index contributed by atoms with van der Waals surface area (Å²) in [4.78, 5) is 23.1. The summed E-state index contributed by atoms with van der Waals surface area (Å²) >= 11 is 0. The summed E-state index contributed by atoms with van der Waals surface area (Å²) < 4.78 is 5.30. The molecule has 0 aromatic heterocycles. The molecule has 1 aliphatic carbocycles. The Bertz CT molecular complexity index is 439. The van der Waals surface area contributed by atoms with Gasteiger partial charge in [0, 0.05) is 12.8 Å². The molecule has 1 aliphatic rings. The topological polar surface area (TPSA) is 43.4 Å². The third-order valence-corrected chi connectivity index (χ3v) is 3.66. The van der Waals surface area contributed by atoms with Gasteiger partial charge in [0.25, 0.3) is 0 Å². The molecule has 2 rings (SSSR count). The highest BCUT2D eigenvalue weighted by Crippen LogP contribution is 2.28. The lowest BCUT2D eigenvalue weighted by Crippen LogP contribution is -2.17. The molecule has 0 N–H and O–H groups in total. The number of Topliss-reactive ketones (excluding diaryl/α,β-unsaturated/α-hetero) is 1. The molecule has 2 unspecified atom stereocenters. The van der Waals surface area contributed by atoms with Crippen molar-refractivity contribution in [1.82, 2.24) is 0 Å². The molecular formula is C16H20O3. The maximum Gasteiger partial charge on any atom is 0.308 e. The summed E-state index contributed by atoms with van der Waals surface area (Å²) in [5, 5.41) is 0. The van der Waals surface area contributed by atoms with E-state index in [1.165, 1.54) is 0 Å². The quantitative estimate of drug-likeness (QED) is 0.764. The van der Waals surface area contributed by atoms with E-state index in [1.807, 2.05) is 37.3 Å². The number of ketones is 1. The zero-order valence-corrected chi connectivity index (χ0v) is 11.3. The average Bonchev–Trinajstić information content (AvgIpc) is 2.82. The number of esters is 1. The number of hydrogen-bond donors (Lipinski definition) is 0. The SMILES string of the molecule is CC(CC1CCC(=O)C1)C(=O)OCc1ccccc1. The van der Waals surface area contributed by atoms with Crippen LogP contribution in [0.5, 0.6) is 0 Å². The molecule has 0 aliphatic heterocycles. The molecule has 1 aromatic carbocycles. The van der Waals surface area contributed by atoms with Crippen molar-refractivity contribution in [3.63, 3.8) is 0 Å². The van der Waals surface area contributed by atoms with Gasteiger partial charge in [0.2, 0.25) is 0 Å². The van der Waals surface area contributed by atoms with Gasteiger partial charge in [-0.25, -0.2) is 0 Å². The Morgan fingerprint density at radius 3 is 2.74 bits per heavy atom.